The Morgan fingerprint density at radius 1 is 1.04 bits per heavy atom. The van der Waals surface area contributed by atoms with Gasteiger partial charge in [-0.3, -0.25) is 4.79 Å². The lowest BCUT2D eigenvalue weighted by molar-refractivity contribution is 0.104. The minimum absolute atomic E-state index is 0.0846. The number of allylic oxidation sites excluding steroid dienone is 1. The molecule has 1 N–H and O–H groups in total. The summed E-state index contributed by atoms with van der Waals surface area (Å²) < 4.78 is 10.6. The zero-order valence-corrected chi connectivity index (χ0v) is 14.8. The van der Waals surface area contributed by atoms with Gasteiger partial charge in [-0.1, -0.05) is 30.3 Å². The summed E-state index contributed by atoms with van der Waals surface area (Å²) in [6, 6.07) is 12.8. The molecule has 0 bridgehead atoms. The molecule has 1 aliphatic carbocycles. The van der Waals surface area contributed by atoms with Gasteiger partial charge in [0.25, 0.3) is 0 Å². The third kappa shape index (κ3) is 2.99. The Morgan fingerprint density at radius 2 is 1.81 bits per heavy atom. The Hall–Kier alpha value is -3.74. The second-order valence-corrected chi connectivity index (χ2v) is 5.82. The molecule has 2 aromatic carbocycles. The summed E-state index contributed by atoms with van der Waals surface area (Å²) in [5.41, 5.74) is 3.23. The Balaban J connectivity index is 1.86. The number of aliphatic imine (C=N–C) groups is 1. The van der Waals surface area contributed by atoms with Crippen molar-refractivity contribution in [3.05, 3.63) is 71.1 Å². The number of hydrogen-bond acceptors (Lipinski definition) is 6. The Kier molecular flexibility index (Phi) is 4.25. The van der Waals surface area contributed by atoms with Gasteiger partial charge in [0, 0.05) is 16.7 Å². The van der Waals surface area contributed by atoms with Crippen LogP contribution in [0.1, 0.15) is 21.5 Å². The second kappa shape index (κ2) is 6.87. The van der Waals surface area contributed by atoms with E-state index in [1.54, 1.807) is 32.4 Å². The summed E-state index contributed by atoms with van der Waals surface area (Å²) in [5.74, 6) is 1.46. The predicted molar refractivity (Wildman–Crippen MR) is 101 cm³/mol. The van der Waals surface area contributed by atoms with Crippen LogP contribution < -0.4 is 9.47 Å². The van der Waals surface area contributed by atoms with Gasteiger partial charge in [-0.15, -0.1) is 0 Å². The van der Waals surface area contributed by atoms with Gasteiger partial charge >= 0.3 is 0 Å². The van der Waals surface area contributed by atoms with Gasteiger partial charge in [0.1, 0.15) is 6.33 Å². The number of aromatic amines is 1. The molecule has 0 saturated carbocycles. The van der Waals surface area contributed by atoms with E-state index in [1.165, 1.54) is 6.33 Å². The molecule has 7 heteroatoms. The number of Topliss-reactive ketones (excluding diaryl/α,β-unsaturated/α-hetero) is 1. The van der Waals surface area contributed by atoms with Crippen molar-refractivity contribution in [2.24, 2.45) is 4.99 Å². The molecule has 0 atom stereocenters. The number of aromatic nitrogens is 3. The van der Waals surface area contributed by atoms with E-state index < -0.39 is 0 Å². The van der Waals surface area contributed by atoms with E-state index in [0.29, 0.717) is 34.3 Å². The number of carbonyl (C=O) groups excluding carboxylic acids is 1. The van der Waals surface area contributed by atoms with E-state index in [-0.39, 0.29) is 5.78 Å². The van der Waals surface area contributed by atoms with Crippen LogP contribution in [0.25, 0.3) is 6.08 Å². The lowest BCUT2D eigenvalue weighted by Gasteiger charge is -2.08. The first kappa shape index (κ1) is 16.7. The van der Waals surface area contributed by atoms with Crippen LogP contribution in [0.4, 0.5) is 5.95 Å². The van der Waals surface area contributed by atoms with Crippen LogP contribution in [0.3, 0.4) is 0 Å². The number of fused-ring (bicyclic) bond motifs is 1. The van der Waals surface area contributed by atoms with Crippen LogP contribution in [0.15, 0.2) is 59.4 Å². The first-order chi connectivity index (χ1) is 13.2. The number of rotatable bonds is 4. The zero-order chi connectivity index (χ0) is 18.8. The molecule has 0 unspecified atom stereocenters. The van der Waals surface area contributed by atoms with Crippen molar-refractivity contribution in [3.8, 4) is 11.5 Å². The highest BCUT2D eigenvalue weighted by atomic mass is 16.5. The molecule has 1 aromatic heterocycles. The molecule has 1 aliphatic rings. The van der Waals surface area contributed by atoms with Crippen molar-refractivity contribution in [2.75, 3.05) is 14.2 Å². The Labute approximate surface area is 155 Å². The SMILES string of the molecule is COc1ccc(C=C2C(=O)c3ccccc3C2=Nc2ncn[nH]2)cc1OC. The fraction of sp³-hybridized carbons (Fsp3) is 0.100. The molecular weight excluding hydrogens is 344 g/mol. The maximum absolute atomic E-state index is 13.0. The van der Waals surface area contributed by atoms with Gasteiger partial charge < -0.3 is 9.47 Å². The van der Waals surface area contributed by atoms with Crippen LogP contribution in [0, 0.1) is 0 Å². The molecule has 27 heavy (non-hydrogen) atoms. The molecule has 0 saturated heterocycles. The molecule has 4 rings (SSSR count). The number of nitrogens with one attached hydrogen (secondary N) is 1. The Morgan fingerprint density at radius 3 is 2.52 bits per heavy atom. The molecule has 1 heterocycles. The average molecular weight is 360 g/mol. The number of hydrogen-bond donors (Lipinski definition) is 1. The highest BCUT2D eigenvalue weighted by molar-refractivity contribution is 6.43. The number of carbonyl (C=O) groups is 1. The largest absolute Gasteiger partial charge is 0.493 e. The number of benzene rings is 2. The number of ketones is 1. The van der Waals surface area contributed by atoms with Gasteiger partial charge in [0.15, 0.2) is 17.3 Å². The molecule has 7 nitrogen and oxygen atoms in total. The highest BCUT2D eigenvalue weighted by Gasteiger charge is 2.31. The first-order valence-electron chi connectivity index (χ1n) is 8.23. The topological polar surface area (TPSA) is 89.5 Å². The maximum Gasteiger partial charge on any atom is 0.245 e. The lowest BCUT2D eigenvalue weighted by atomic mass is 10.1. The molecular formula is C20H16N4O3. The fourth-order valence-corrected chi connectivity index (χ4v) is 3.01. The quantitative estimate of drug-likeness (QED) is 0.722. The van der Waals surface area contributed by atoms with E-state index in [1.807, 2.05) is 30.3 Å². The first-order valence-corrected chi connectivity index (χ1v) is 8.23. The molecule has 0 radical (unpaired) electrons. The third-order valence-electron chi connectivity index (χ3n) is 4.27. The smallest absolute Gasteiger partial charge is 0.245 e. The number of nitrogens with zero attached hydrogens (tertiary/aromatic N) is 3. The van der Waals surface area contributed by atoms with Crippen LogP contribution in [-0.2, 0) is 0 Å². The number of ether oxygens (including phenoxy) is 2. The molecule has 134 valence electrons. The van der Waals surface area contributed by atoms with Gasteiger partial charge in [-0.05, 0) is 23.8 Å². The number of H-pyrrole nitrogens is 1. The summed E-state index contributed by atoms with van der Waals surface area (Å²) in [4.78, 5) is 21.5. The van der Waals surface area contributed by atoms with Crippen LogP contribution in [-0.4, -0.2) is 40.9 Å². The molecule has 0 spiro atoms. The summed E-state index contributed by atoms with van der Waals surface area (Å²) in [6.07, 6.45) is 3.17. The normalized spacial score (nSPS) is 16.0. The van der Waals surface area contributed by atoms with Crippen molar-refractivity contribution < 1.29 is 14.3 Å². The van der Waals surface area contributed by atoms with Gasteiger partial charge in [0.05, 0.1) is 19.9 Å². The summed E-state index contributed by atoms with van der Waals surface area (Å²) in [5, 5.41) is 6.52. The van der Waals surface area contributed by atoms with Crippen LogP contribution in [0.5, 0.6) is 11.5 Å². The van der Waals surface area contributed by atoms with E-state index in [2.05, 4.69) is 20.2 Å². The second-order valence-electron chi connectivity index (χ2n) is 5.82. The average Bonchev–Trinajstić information content (AvgIpc) is 3.31. The fourth-order valence-electron chi connectivity index (χ4n) is 3.01. The van der Waals surface area contributed by atoms with Gasteiger partial charge in [-0.2, -0.15) is 10.1 Å². The molecule has 3 aromatic rings. The minimum Gasteiger partial charge on any atom is -0.493 e. The monoisotopic (exact) mass is 360 g/mol. The Bertz CT molecular complexity index is 1070. The minimum atomic E-state index is -0.0846. The zero-order valence-electron chi connectivity index (χ0n) is 14.8. The molecule has 0 aliphatic heterocycles. The third-order valence-corrected chi connectivity index (χ3v) is 4.27. The predicted octanol–water partition coefficient (Wildman–Crippen LogP) is 3.22. The summed E-state index contributed by atoms with van der Waals surface area (Å²) in [7, 11) is 3.15. The van der Waals surface area contributed by atoms with Crippen molar-refractivity contribution in [1.82, 2.24) is 15.2 Å². The van der Waals surface area contributed by atoms with Crippen LogP contribution >= 0.6 is 0 Å². The van der Waals surface area contributed by atoms with Gasteiger partial charge in [-0.25, -0.2) is 10.1 Å². The van der Waals surface area contributed by atoms with E-state index in [0.717, 1.165) is 11.1 Å². The standard InChI is InChI=1S/C20H16N4O3/c1-26-16-8-7-12(10-17(16)27-2)9-15-18(23-20-21-11-22-24-20)13-5-3-4-6-14(13)19(15)25/h3-11H,1-2H3,(H,21,22,24). The van der Waals surface area contributed by atoms with E-state index >= 15 is 0 Å². The van der Waals surface area contributed by atoms with E-state index in [4.69, 9.17) is 9.47 Å². The molecule has 0 amide bonds. The van der Waals surface area contributed by atoms with Crippen LogP contribution in [0.2, 0.25) is 0 Å². The molecule has 0 fully saturated rings. The highest BCUT2D eigenvalue weighted by Crippen LogP contribution is 2.32. The van der Waals surface area contributed by atoms with Crippen molar-refractivity contribution in [3.63, 3.8) is 0 Å². The summed E-state index contributed by atoms with van der Waals surface area (Å²) >= 11 is 0. The van der Waals surface area contributed by atoms with Crippen molar-refractivity contribution in [1.29, 1.82) is 0 Å². The van der Waals surface area contributed by atoms with Crippen molar-refractivity contribution >= 4 is 23.5 Å². The lowest BCUT2D eigenvalue weighted by Crippen LogP contribution is -2.02. The number of methoxy groups -OCH3 is 2. The maximum atomic E-state index is 13.0. The van der Waals surface area contributed by atoms with E-state index in [9.17, 15) is 4.79 Å². The van der Waals surface area contributed by atoms with Gasteiger partial charge in [0.2, 0.25) is 5.95 Å². The summed E-state index contributed by atoms with van der Waals surface area (Å²) in [6.45, 7) is 0. The van der Waals surface area contributed by atoms with Crippen molar-refractivity contribution in [2.45, 2.75) is 0 Å².